The van der Waals surface area contributed by atoms with E-state index in [4.69, 9.17) is 4.74 Å². The topological polar surface area (TPSA) is 108 Å². The Morgan fingerprint density at radius 3 is 2.20 bits per heavy atom. The molecular weight excluding hydrogens is 506 g/mol. The second-order valence-corrected chi connectivity index (χ2v) is 10.7. The van der Waals surface area contributed by atoms with Crippen LogP contribution in [0.25, 0.3) is 11.1 Å². The number of ether oxygens (including phenoxy) is 1. The summed E-state index contributed by atoms with van der Waals surface area (Å²) in [6.45, 7) is 0.950. The van der Waals surface area contributed by atoms with Crippen LogP contribution in [-0.4, -0.2) is 60.3 Å². The van der Waals surface area contributed by atoms with E-state index in [2.05, 4.69) is 34.9 Å². The number of benzene rings is 3. The number of carboxylic acids is 1. The number of aliphatic carboxylic acids is 1. The zero-order valence-electron chi connectivity index (χ0n) is 22.6. The van der Waals surface area contributed by atoms with E-state index in [1.54, 1.807) is 0 Å². The van der Waals surface area contributed by atoms with Crippen molar-refractivity contribution in [1.29, 1.82) is 0 Å². The molecule has 3 aromatic carbocycles. The fourth-order valence-corrected chi connectivity index (χ4v) is 5.96. The van der Waals surface area contributed by atoms with Crippen LogP contribution < -0.4 is 10.6 Å². The number of fused-ring (bicyclic) bond motifs is 3. The Labute approximate surface area is 234 Å². The standard InChI is InChI=1S/C32H35N3O5/c1-35(18-21-10-3-2-4-11-21)19-29(30(36)33-28-17-9-16-26(28)31(37)38)34-32(39)40-20-27-24-14-7-5-12-22(24)23-13-6-8-15-25(23)27/h2-8,10-15,26-29H,9,16-20H2,1H3,(H,33,36)(H,34,39)(H,37,38). The van der Waals surface area contributed by atoms with Gasteiger partial charge in [-0.15, -0.1) is 0 Å². The Morgan fingerprint density at radius 1 is 0.925 bits per heavy atom. The van der Waals surface area contributed by atoms with Gasteiger partial charge in [-0.05, 0) is 47.7 Å². The number of nitrogens with zero attached hydrogens (tertiary/aromatic N) is 1. The van der Waals surface area contributed by atoms with Gasteiger partial charge in [0.25, 0.3) is 0 Å². The van der Waals surface area contributed by atoms with Crippen molar-refractivity contribution in [2.24, 2.45) is 5.92 Å². The number of amides is 2. The third-order valence-corrected chi connectivity index (χ3v) is 7.90. The molecule has 0 heterocycles. The summed E-state index contributed by atoms with van der Waals surface area (Å²) < 4.78 is 5.71. The Morgan fingerprint density at radius 2 is 1.55 bits per heavy atom. The lowest BCUT2D eigenvalue weighted by Gasteiger charge is -2.27. The fraction of sp³-hybridized carbons (Fsp3) is 0.344. The largest absolute Gasteiger partial charge is 0.481 e. The predicted octanol–water partition coefficient (Wildman–Crippen LogP) is 4.40. The summed E-state index contributed by atoms with van der Waals surface area (Å²) in [5.41, 5.74) is 5.56. The average Bonchev–Trinajstić information content (AvgIpc) is 3.54. The number of rotatable bonds is 10. The number of carbonyl (C=O) groups excluding carboxylic acids is 2. The minimum Gasteiger partial charge on any atom is -0.481 e. The third kappa shape index (κ3) is 6.18. The van der Waals surface area contributed by atoms with Gasteiger partial charge in [-0.25, -0.2) is 4.79 Å². The molecule has 0 saturated heterocycles. The molecule has 8 heteroatoms. The van der Waals surface area contributed by atoms with Gasteiger partial charge in [-0.2, -0.15) is 0 Å². The second kappa shape index (κ2) is 12.3. The molecule has 5 rings (SSSR count). The highest BCUT2D eigenvalue weighted by Crippen LogP contribution is 2.44. The molecule has 2 aliphatic carbocycles. The molecule has 3 aromatic rings. The summed E-state index contributed by atoms with van der Waals surface area (Å²) in [7, 11) is 1.88. The Balaban J connectivity index is 1.26. The monoisotopic (exact) mass is 541 g/mol. The van der Waals surface area contributed by atoms with Crippen molar-refractivity contribution in [2.75, 3.05) is 20.2 Å². The van der Waals surface area contributed by atoms with Crippen molar-refractivity contribution in [3.63, 3.8) is 0 Å². The van der Waals surface area contributed by atoms with Crippen LogP contribution in [0.15, 0.2) is 78.9 Å². The van der Waals surface area contributed by atoms with E-state index in [1.807, 2.05) is 66.5 Å². The molecule has 2 aliphatic rings. The first-order valence-corrected chi connectivity index (χ1v) is 13.8. The summed E-state index contributed by atoms with van der Waals surface area (Å²) in [5.74, 6) is -2.04. The number of likely N-dealkylation sites (N-methyl/N-ethyl adjacent to an activating group) is 1. The van der Waals surface area contributed by atoms with Crippen molar-refractivity contribution < 1.29 is 24.2 Å². The highest BCUT2D eigenvalue weighted by Gasteiger charge is 2.36. The van der Waals surface area contributed by atoms with Crippen molar-refractivity contribution >= 4 is 18.0 Å². The molecule has 208 valence electrons. The maximum atomic E-state index is 13.4. The molecular formula is C32H35N3O5. The Hall–Kier alpha value is -4.17. The SMILES string of the molecule is CN(Cc1ccccc1)CC(NC(=O)OCC1c2ccccc2-c2ccccc21)C(=O)NC1CCCC1C(=O)O. The van der Waals surface area contributed by atoms with Crippen molar-refractivity contribution in [3.8, 4) is 11.1 Å². The van der Waals surface area contributed by atoms with E-state index >= 15 is 0 Å². The number of carbonyl (C=O) groups is 3. The number of alkyl carbamates (subject to hydrolysis) is 1. The molecule has 8 nitrogen and oxygen atoms in total. The van der Waals surface area contributed by atoms with Crippen LogP contribution in [0.3, 0.4) is 0 Å². The van der Waals surface area contributed by atoms with Crippen LogP contribution in [0, 0.1) is 5.92 Å². The van der Waals surface area contributed by atoms with Gasteiger partial charge in [0.15, 0.2) is 0 Å². The third-order valence-electron chi connectivity index (χ3n) is 7.90. The van der Waals surface area contributed by atoms with Gasteiger partial charge in [-0.3, -0.25) is 14.5 Å². The van der Waals surface area contributed by atoms with Crippen LogP contribution in [0.1, 0.15) is 41.9 Å². The first kappa shape index (κ1) is 27.4. The van der Waals surface area contributed by atoms with Crippen LogP contribution in [0.5, 0.6) is 0 Å². The first-order valence-electron chi connectivity index (χ1n) is 13.8. The van der Waals surface area contributed by atoms with E-state index in [1.165, 1.54) is 0 Å². The molecule has 0 spiro atoms. The lowest BCUT2D eigenvalue weighted by molar-refractivity contribution is -0.142. The highest BCUT2D eigenvalue weighted by molar-refractivity contribution is 5.87. The maximum absolute atomic E-state index is 13.4. The zero-order chi connectivity index (χ0) is 28.1. The molecule has 3 unspecified atom stereocenters. The summed E-state index contributed by atoms with van der Waals surface area (Å²) in [5, 5.41) is 15.2. The van der Waals surface area contributed by atoms with E-state index < -0.39 is 36.0 Å². The van der Waals surface area contributed by atoms with Gasteiger partial charge in [-0.1, -0.05) is 85.3 Å². The first-order chi connectivity index (χ1) is 19.4. The summed E-state index contributed by atoms with van der Waals surface area (Å²) in [6.07, 6.45) is 1.18. The molecule has 40 heavy (non-hydrogen) atoms. The van der Waals surface area contributed by atoms with Gasteiger partial charge in [0.2, 0.25) is 5.91 Å². The average molecular weight is 542 g/mol. The van der Waals surface area contributed by atoms with Gasteiger partial charge < -0.3 is 20.5 Å². The van der Waals surface area contributed by atoms with Crippen molar-refractivity contribution in [3.05, 3.63) is 95.6 Å². The minimum absolute atomic E-state index is 0.0963. The van der Waals surface area contributed by atoms with Gasteiger partial charge in [0, 0.05) is 25.0 Å². The molecule has 3 N–H and O–H groups in total. The van der Waals surface area contributed by atoms with Crippen molar-refractivity contribution in [1.82, 2.24) is 15.5 Å². The zero-order valence-corrected chi connectivity index (χ0v) is 22.6. The van der Waals surface area contributed by atoms with Crippen LogP contribution in [-0.2, 0) is 20.9 Å². The lowest BCUT2D eigenvalue weighted by Crippen LogP contribution is -2.55. The Kier molecular flexibility index (Phi) is 8.45. The van der Waals surface area contributed by atoms with Gasteiger partial charge in [0.1, 0.15) is 12.6 Å². The van der Waals surface area contributed by atoms with E-state index in [9.17, 15) is 19.5 Å². The van der Waals surface area contributed by atoms with E-state index in [0.29, 0.717) is 19.4 Å². The fourth-order valence-electron chi connectivity index (χ4n) is 5.96. The molecule has 3 atom stereocenters. The maximum Gasteiger partial charge on any atom is 0.407 e. The molecule has 0 aromatic heterocycles. The summed E-state index contributed by atoms with van der Waals surface area (Å²) in [6, 6.07) is 24.7. The van der Waals surface area contributed by atoms with E-state index in [-0.39, 0.29) is 19.1 Å². The van der Waals surface area contributed by atoms with Crippen molar-refractivity contribution in [2.45, 2.75) is 43.8 Å². The molecule has 0 radical (unpaired) electrons. The van der Waals surface area contributed by atoms with E-state index in [0.717, 1.165) is 34.2 Å². The van der Waals surface area contributed by atoms with Gasteiger partial charge in [0.05, 0.1) is 5.92 Å². The normalized spacial score (nSPS) is 18.6. The highest BCUT2D eigenvalue weighted by atomic mass is 16.5. The number of hydrogen-bond acceptors (Lipinski definition) is 5. The number of carboxylic acid groups (broad SMARTS) is 1. The quantitative estimate of drug-likeness (QED) is 0.351. The molecule has 2 amide bonds. The summed E-state index contributed by atoms with van der Waals surface area (Å²) >= 11 is 0. The second-order valence-electron chi connectivity index (χ2n) is 10.7. The Bertz CT molecular complexity index is 1320. The number of nitrogens with one attached hydrogen (secondary N) is 2. The van der Waals surface area contributed by atoms with Crippen LogP contribution in [0.2, 0.25) is 0 Å². The molecule has 0 bridgehead atoms. The summed E-state index contributed by atoms with van der Waals surface area (Å²) in [4.78, 5) is 40.0. The molecule has 0 aliphatic heterocycles. The van der Waals surface area contributed by atoms with Gasteiger partial charge >= 0.3 is 12.1 Å². The lowest BCUT2D eigenvalue weighted by atomic mass is 9.98. The van der Waals surface area contributed by atoms with Crippen LogP contribution >= 0.6 is 0 Å². The number of hydrogen-bond donors (Lipinski definition) is 3. The molecule has 1 saturated carbocycles. The van der Waals surface area contributed by atoms with Crippen LogP contribution in [0.4, 0.5) is 4.79 Å². The smallest absolute Gasteiger partial charge is 0.407 e. The minimum atomic E-state index is -0.917. The predicted molar refractivity (Wildman–Crippen MR) is 152 cm³/mol. The molecule has 1 fully saturated rings.